The molecule has 2 fully saturated rings. The monoisotopic (exact) mass is 397 g/mol. The molecule has 6 nitrogen and oxygen atoms in total. The standard InChI is InChI=1S/C24H23N5O/c30-23(25-14-19-11-20-6-7-22(19)24(20)8-9-24)18-10-17(16-4-2-1-3-5-16)12-21(13-18)29-15-26-27-28-29/h1-7,10,12-13,15,19-20,22H,8-9,11,14H2,(H,25,30). The lowest BCUT2D eigenvalue weighted by atomic mass is 9.89. The van der Waals surface area contributed by atoms with E-state index in [-0.39, 0.29) is 5.91 Å². The summed E-state index contributed by atoms with van der Waals surface area (Å²) in [5.74, 6) is 1.90. The zero-order valence-corrected chi connectivity index (χ0v) is 16.6. The third kappa shape index (κ3) is 2.78. The van der Waals surface area contributed by atoms with Crippen molar-refractivity contribution in [3.8, 4) is 16.8 Å². The summed E-state index contributed by atoms with van der Waals surface area (Å²) >= 11 is 0. The van der Waals surface area contributed by atoms with Gasteiger partial charge in [0.1, 0.15) is 6.33 Å². The molecule has 1 N–H and O–H groups in total. The Morgan fingerprint density at radius 3 is 2.70 bits per heavy atom. The molecule has 1 amide bonds. The fraction of sp³-hybridized carbons (Fsp3) is 0.333. The molecule has 1 spiro atoms. The van der Waals surface area contributed by atoms with Crippen LogP contribution >= 0.6 is 0 Å². The van der Waals surface area contributed by atoms with Gasteiger partial charge in [0.25, 0.3) is 5.91 Å². The van der Waals surface area contributed by atoms with E-state index in [0.717, 1.165) is 29.3 Å². The van der Waals surface area contributed by atoms with Gasteiger partial charge in [0.2, 0.25) is 0 Å². The minimum Gasteiger partial charge on any atom is -0.352 e. The van der Waals surface area contributed by atoms with Gasteiger partial charge >= 0.3 is 0 Å². The number of tetrazole rings is 1. The van der Waals surface area contributed by atoms with Gasteiger partial charge in [0.15, 0.2) is 0 Å². The molecule has 6 heteroatoms. The van der Waals surface area contributed by atoms with Crippen LogP contribution in [0, 0.1) is 23.2 Å². The minimum atomic E-state index is -0.0429. The molecule has 3 aromatic rings. The lowest BCUT2D eigenvalue weighted by molar-refractivity contribution is 0.0944. The van der Waals surface area contributed by atoms with Crippen LogP contribution in [0.25, 0.3) is 16.8 Å². The van der Waals surface area contributed by atoms with Crippen LogP contribution in [0.3, 0.4) is 0 Å². The molecule has 6 rings (SSSR count). The molecule has 2 saturated carbocycles. The van der Waals surface area contributed by atoms with E-state index in [0.29, 0.717) is 22.8 Å². The SMILES string of the molecule is O=C(NCC1CC2C=CC1C21CC1)c1cc(-c2ccccc2)cc(-n2cnnn2)c1. The first-order valence-electron chi connectivity index (χ1n) is 10.6. The van der Waals surface area contributed by atoms with Gasteiger partial charge < -0.3 is 5.32 Å². The van der Waals surface area contributed by atoms with Crippen LogP contribution in [-0.2, 0) is 0 Å². The molecule has 1 aromatic heterocycles. The van der Waals surface area contributed by atoms with E-state index in [2.05, 4.69) is 33.0 Å². The lowest BCUT2D eigenvalue weighted by Crippen LogP contribution is -2.31. The number of nitrogens with zero attached hydrogens (tertiary/aromatic N) is 4. The number of carbonyl (C=O) groups is 1. The summed E-state index contributed by atoms with van der Waals surface area (Å²) in [6, 6.07) is 15.8. The maximum atomic E-state index is 13.1. The molecule has 0 radical (unpaired) electrons. The normalized spacial score (nSPS) is 25.0. The van der Waals surface area contributed by atoms with Gasteiger partial charge in [-0.15, -0.1) is 5.10 Å². The van der Waals surface area contributed by atoms with Crippen LogP contribution in [0.5, 0.6) is 0 Å². The summed E-state index contributed by atoms with van der Waals surface area (Å²) in [6.45, 7) is 0.738. The number of rotatable bonds is 5. The second kappa shape index (κ2) is 6.62. The smallest absolute Gasteiger partial charge is 0.251 e. The van der Waals surface area contributed by atoms with E-state index in [4.69, 9.17) is 0 Å². The van der Waals surface area contributed by atoms with Crippen LogP contribution < -0.4 is 5.32 Å². The average molecular weight is 397 g/mol. The summed E-state index contributed by atoms with van der Waals surface area (Å²) in [5.41, 5.74) is 3.97. The van der Waals surface area contributed by atoms with Crippen molar-refractivity contribution in [3.05, 3.63) is 72.6 Å². The highest BCUT2D eigenvalue weighted by atomic mass is 16.1. The molecular weight excluding hydrogens is 374 g/mol. The highest BCUT2D eigenvalue weighted by Crippen LogP contribution is 2.69. The van der Waals surface area contributed by atoms with Crippen molar-refractivity contribution in [1.82, 2.24) is 25.5 Å². The van der Waals surface area contributed by atoms with E-state index in [1.165, 1.54) is 19.3 Å². The van der Waals surface area contributed by atoms with Gasteiger partial charge in [0.05, 0.1) is 5.69 Å². The quantitative estimate of drug-likeness (QED) is 0.667. The molecule has 2 bridgehead atoms. The fourth-order valence-corrected chi connectivity index (χ4v) is 5.63. The number of hydrogen-bond acceptors (Lipinski definition) is 4. The Balaban J connectivity index is 1.26. The largest absolute Gasteiger partial charge is 0.352 e. The molecule has 3 aliphatic rings. The molecule has 0 aliphatic heterocycles. The first-order valence-corrected chi connectivity index (χ1v) is 10.6. The second-order valence-corrected chi connectivity index (χ2v) is 8.85. The third-order valence-electron chi connectivity index (χ3n) is 7.27. The molecule has 3 unspecified atom stereocenters. The van der Waals surface area contributed by atoms with Crippen LogP contribution in [0.4, 0.5) is 0 Å². The number of nitrogens with one attached hydrogen (secondary N) is 1. The van der Waals surface area contributed by atoms with E-state index in [9.17, 15) is 4.79 Å². The molecular formula is C24H23N5O. The summed E-state index contributed by atoms with van der Waals surface area (Å²) in [6.07, 6.45) is 10.3. The van der Waals surface area contributed by atoms with Gasteiger partial charge in [0, 0.05) is 12.1 Å². The Morgan fingerprint density at radius 1 is 1.10 bits per heavy atom. The van der Waals surface area contributed by atoms with Crippen molar-refractivity contribution < 1.29 is 4.79 Å². The number of allylic oxidation sites excluding steroid dienone is 2. The number of benzene rings is 2. The van der Waals surface area contributed by atoms with Gasteiger partial charge in [-0.1, -0.05) is 42.5 Å². The van der Waals surface area contributed by atoms with Crippen molar-refractivity contribution >= 4 is 5.91 Å². The summed E-state index contributed by atoms with van der Waals surface area (Å²) in [7, 11) is 0. The highest BCUT2D eigenvalue weighted by Gasteiger charge is 2.62. The maximum Gasteiger partial charge on any atom is 0.251 e. The van der Waals surface area contributed by atoms with Crippen molar-refractivity contribution in [1.29, 1.82) is 0 Å². The molecule has 3 aliphatic carbocycles. The Labute approximate surface area is 175 Å². The van der Waals surface area contributed by atoms with E-state index in [1.807, 2.05) is 48.5 Å². The molecule has 150 valence electrons. The maximum absolute atomic E-state index is 13.1. The Hall–Kier alpha value is -3.28. The second-order valence-electron chi connectivity index (χ2n) is 8.85. The zero-order chi connectivity index (χ0) is 20.1. The molecule has 1 heterocycles. The topological polar surface area (TPSA) is 72.7 Å². The van der Waals surface area contributed by atoms with E-state index < -0.39 is 0 Å². The van der Waals surface area contributed by atoms with Gasteiger partial charge in [-0.3, -0.25) is 4.79 Å². The molecule has 2 aromatic carbocycles. The van der Waals surface area contributed by atoms with Gasteiger partial charge in [-0.2, -0.15) is 0 Å². The van der Waals surface area contributed by atoms with Crippen LogP contribution in [-0.4, -0.2) is 32.7 Å². The third-order valence-corrected chi connectivity index (χ3v) is 7.27. The minimum absolute atomic E-state index is 0.0429. The number of aromatic nitrogens is 4. The van der Waals surface area contributed by atoms with Crippen LogP contribution in [0.2, 0.25) is 0 Å². The first kappa shape index (κ1) is 17.6. The Morgan fingerprint density at radius 2 is 1.97 bits per heavy atom. The average Bonchev–Trinajstić information content (AvgIpc) is 3.14. The van der Waals surface area contributed by atoms with E-state index >= 15 is 0 Å². The predicted molar refractivity (Wildman–Crippen MR) is 113 cm³/mol. The number of amides is 1. The fourth-order valence-electron chi connectivity index (χ4n) is 5.63. The van der Waals surface area contributed by atoms with Crippen molar-refractivity contribution in [3.63, 3.8) is 0 Å². The molecule has 0 saturated heterocycles. The van der Waals surface area contributed by atoms with Gasteiger partial charge in [-0.05, 0) is 82.2 Å². The summed E-state index contributed by atoms with van der Waals surface area (Å²) in [5, 5.41) is 14.7. The Kier molecular flexibility index (Phi) is 3.88. The zero-order valence-electron chi connectivity index (χ0n) is 16.6. The highest BCUT2D eigenvalue weighted by molar-refractivity contribution is 5.96. The van der Waals surface area contributed by atoms with Crippen molar-refractivity contribution in [2.24, 2.45) is 23.2 Å². The molecule has 3 atom stereocenters. The number of hydrogen-bond donors (Lipinski definition) is 1. The van der Waals surface area contributed by atoms with Crippen molar-refractivity contribution in [2.75, 3.05) is 6.54 Å². The lowest BCUT2D eigenvalue weighted by Gasteiger charge is -2.20. The molecule has 30 heavy (non-hydrogen) atoms. The number of carbonyl (C=O) groups excluding carboxylic acids is 1. The predicted octanol–water partition coefficient (Wildman–Crippen LogP) is 3.66. The summed E-state index contributed by atoms with van der Waals surface area (Å²) < 4.78 is 1.58. The first-order chi connectivity index (χ1) is 14.7. The van der Waals surface area contributed by atoms with Crippen LogP contribution in [0.1, 0.15) is 29.6 Å². The summed E-state index contributed by atoms with van der Waals surface area (Å²) in [4.78, 5) is 13.1. The van der Waals surface area contributed by atoms with E-state index in [1.54, 1.807) is 11.0 Å². The van der Waals surface area contributed by atoms with Gasteiger partial charge in [-0.25, -0.2) is 4.68 Å². The van der Waals surface area contributed by atoms with Crippen LogP contribution in [0.15, 0.2) is 67.0 Å². The Bertz CT molecular complexity index is 1120. The van der Waals surface area contributed by atoms with Crippen molar-refractivity contribution in [2.45, 2.75) is 19.3 Å².